The topological polar surface area (TPSA) is 48.4 Å². The second-order valence-electron chi connectivity index (χ2n) is 3.25. The summed E-state index contributed by atoms with van der Waals surface area (Å²) in [5.41, 5.74) is 5.96. The Kier molecular flexibility index (Phi) is 5.29. The fourth-order valence-electron chi connectivity index (χ4n) is 1.31. The number of hydrazine groups is 1. The van der Waals surface area contributed by atoms with Crippen LogP contribution in [0.2, 0.25) is 0 Å². The summed E-state index contributed by atoms with van der Waals surface area (Å²) in [5.74, 6) is 1.02. The van der Waals surface area contributed by atoms with Crippen LogP contribution < -0.4 is 16.2 Å². The fraction of sp³-hybridized carbons (Fsp3) is 0.778. The van der Waals surface area contributed by atoms with Gasteiger partial charge in [-0.3, -0.25) is 15.8 Å². The Bertz CT molecular complexity index is 215. The van der Waals surface area contributed by atoms with Crippen molar-refractivity contribution in [1.82, 2.24) is 16.2 Å². The van der Waals surface area contributed by atoms with E-state index >= 15 is 0 Å². The highest BCUT2D eigenvalue weighted by atomic mass is 32.1. The molecule has 0 spiro atoms. The van der Waals surface area contributed by atoms with E-state index in [0.29, 0.717) is 5.11 Å². The minimum atomic E-state index is 0.624. The SMILES string of the molecule is CCNC(=S)NNC1=NCCCCC1. The van der Waals surface area contributed by atoms with Gasteiger partial charge in [0.1, 0.15) is 5.84 Å². The molecule has 0 bridgehead atoms. The fourth-order valence-corrected chi connectivity index (χ4v) is 1.51. The van der Waals surface area contributed by atoms with Gasteiger partial charge < -0.3 is 5.32 Å². The minimum absolute atomic E-state index is 0.624. The third-order valence-corrected chi connectivity index (χ3v) is 2.28. The van der Waals surface area contributed by atoms with E-state index in [1.165, 1.54) is 19.3 Å². The van der Waals surface area contributed by atoms with Gasteiger partial charge in [0.15, 0.2) is 5.11 Å². The molecule has 1 aliphatic rings. The van der Waals surface area contributed by atoms with E-state index in [9.17, 15) is 0 Å². The Morgan fingerprint density at radius 2 is 2.29 bits per heavy atom. The third-order valence-electron chi connectivity index (χ3n) is 2.03. The number of nitrogens with one attached hydrogen (secondary N) is 3. The van der Waals surface area contributed by atoms with Crippen LogP contribution in [0, 0.1) is 0 Å². The van der Waals surface area contributed by atoms with Crippen LogP contribution in [0.1, 0.15) is 32.6 Å². The lowest BCUT2D eigenvalue weighted by atomic mass is 10.2. The number of nitrogens with zero attached hydrogens (tertiary/aromatic N) is 1. The molecule has 1 aliphatic heterocycles. The molecular formula is C9H18N4S. The summed E-state index contributed by atoms with van der Waals surface area (Å²) in [6, 6.07) is 0. The van der Waals surface area contributed by atoms with Gasteiger partial charge in [0.25, 0.3) is 0 Å². The van der Waals surface area contributed by atoms with Crippen molar-refractivity contribution in [2.24, 2.45) is 4.99 Å². The molecule has 0 aromatic rings. The predicted molar refractivity (Wildman–Crippen MR) is 63.3 cm³/mol. The molecule has 0 radical (unpaired) electrons. The molecule has 0 saturated heterocycles. The lowest BCUT2D eigenvalue weighted by Gasteiger charge is -2.12. The van der Waals surface area contributed by atoms with E-state index < -0.39 is 0 Å². The van der Waals surface area contributed by atoms with Crippen molar-refractivity contribution in [3.8, 4) is 0 Å². The van der Waals surface area contributed by atoms with Crippen molar-refractivity contribution in [3.63, 3.8) is 0 Å². The van der Waals surface area contributed by atoms with Crippen LogP contribution in [0.5, 0.6) is 0 Å². The Morgan fingerprint density at radius 3 is 3.07 bits per heavy atom. The zero-order valence-corrected chi connectivity index (χ0v) is 9.41. The lowest BCUT2D eigenvalue weighted by Crippen LogP contribution is -2.46. The van der Waals surface area contributed by atoms with Gasteiger partial charge in [-0.15, -0.1) is 0 Å². The molecule has 0 atom stereocenters. The first-order valence-electron chi connectivity index (χ1n) is 5.16. The second kappa shape index (κ2) is 6.59. The molecule has 5 heteroatoms. The van der Waals surface area contributed by atoms with E-state index in [4.69, 9.17) is 12.2 Å². The summed E-state index contributed by atoms with van der Waals surface area (Å²) < 4.78 is 0. The van der Waals surface area contributed by atoms with Gasteiger partial charge in [-0.25, -0.2) is 0 Å². The molecule has 1 rings (SSSR count). The van der Waals surface area contributed by atoms with Crippen molar-refractivity contribution in [3.05, 3.63) is 0 Å². The molecule has 80 valence electrons. The van der Waals surface area contributed by atoms with Crippen molar-refractivity contribution < 1.29 is 0 Å². The van der Waals surface area contributed by atoms with Crippen LogP contribution in [-0.2, 0) is 0 Å². The second-order valence-corrected chi connectivity index (χ2v) is 3.66. The average Bonchev–Trinajstić information content (AvgIpc) is 2.43. The van der Waals surface area contributed by atoms with Crippen molar-refractivity contribution in [2.45, 2.75) is 32.6 Å². The lowest BCUT2D eigenvalue weighted by molar-refractivity contribution is 0.725. The van der Waals surface area contributed by atoms with Crippen LogP contribution in [-0.4, -0.2) is 24.0 Å². The number of hydrogen-bond donors (Lipinski definition) is 3. The Morgan fingerprint density at radius 1 is 1.43 bits per heavy atom. The molecule has 0 fully saturated rings. The van der Waals surface area contributed by atoms with E-state index in [-0.39, 0.29) is 0 Å². The van der Waals surface area contributed by atoms with E-state index in [1.807, 2.05) is 6.92 Å². The maximum atomic E-state index is 5.02. The molecule has 1 heterocycles. The van der Waals surface area contributed by atoms with E-state index in [1.54, 1.807) is 0 Å². The first-order valence-corrected chi connectivity index (χ1v) is 5.57. The molecule has 0 aliphatic carbocycles. The van der Waals surface area contributed by atoms with Gasteiger partial charge in [0.05, 0.1) is 0 Å². The number of aliphatic imine (C=N–C) groups is 1. The predicted octanol–water partition coefficient (Wildman–Crippen LogP) is 0.948. The van der Waals surface area contributed by atoms with Crippen LogP contribution in [0.3, 0.4) is 0 Å². The highest BCUT2D eigenvalue weighted by Crippen LogP contribution is 2.05. The van der Waals surface area contributed by atoms with Gasteiger partial charge in [0, 0.05) is 19.5 Å². The van der Waals surface area contributed by atoms with Gasteiger partial charge in [-0.1, -0.05) is 6.42 Å². The maximum absolute atomic E-state index is 5.02. The zero-order chi connectivity index (χ0) is 10.2. The summed E-state index contributed by atoms with van der Waals surface area (Å²) in [7, 11) is 0. The van der Waals surface area contributed by atoms with E-state index in [2.05, 4.69) is 21.2 Å². The maximum Gasteiger partial charge on any atom is 0.185 e. The summed E-state index contributed by atoms with van der Waals surface area (Å²) in [6.45, 7) is 3.77. The Labute approximate surface area is 90.5 Å². The van der Waals surface area contributed by atoms with E-state index in [0.717, 1.165) is 25.3 Å². The van der Waals surface area contributed by atoms with Crippen LogP contribution in [0.25, 0.3) is 0 Å². The molecular weight excluding hydrogens is 196 g/mol. The molecule has 4 nitrogen and oxygen atoms in total. The molecule has 14 heavy (non-hydrogen) atoms. The highest BCUT2D eigenvalue weighted by Gasteiger charge is 2.03. The number of rotatable bonds is 1. The molecule has 0 amide bonds. The summed E-state index contributed by atoms with van der Waals surface area (Å²) in [5, 5.41) is 3.63. The van der Waals surface area contributed by atoms with Gasteiger partial charge in [-0.2, -0.15) is 0 Å². The molecule has 3 N–H and O–H groups in total. The van der Waals surface area contributed by atoms with Crippen LogP contribution in [0.15, 0.2) is 4.99 Å². The summed E-state index contributed by atoms with van der Waals surface area (Å²) in [6.07, 6.45) is 4.69. The van der Waals surface area contributed by atoms with Crippen molar-refractivity contribution in [1.29, 1.82) is 0 Å². The average molecular weight is 214 g/mol. The minimum Gasteiger partial charge on any atom is -0.362 e. The van der Waals surface area contributed by atoms with Gasteiger partial charge in [-0.05, 0) is 32.0 Å². The third kappa shape index (κ3) is 4.41. The van der Waals surface area contributed by atoms with Crippen molar-refractivity contribution in [2.75, 3.05) is 13.1 Å². The zero-order valence-electron chi connectivity index (χ0n) is 8.60. The summed E-state index contributed by atoms with van der Waals surface area (Å²) in [4.78, 5) is 4.41. The Hall–Kier alpha value is -0.840. The normalized spacial score (nSPS) is 16.5. The highest BCUT2D eigenvalue weighted by molar-refractivity contribution is 7.80. The largest absolute Gasteiger partial charge is 0.362 e. The Balaban J connectivity index is 2.22. The summed E-state index contributed by atoms with van der Waals surface area (Å²) >= 11 is 5.02. The molecule has 0 unspecified atom stereocenters. The first kappa shape index (κ1) is 11.2. The smallest absolute Gasteiger partial charge is 0.185 e. The van der Waals surface area contributed by atoms with Gasteiger partial charge >= 0.3 is 0 Å². The number of thiocarbonyl (C=S) groups is 1. The van der Waals surface area contributed by atoms with Crippen molar-refractivity contribution >= 4 is 23.2 Å². The quantitative estimate of drug-likeness (QED) is 0.449. The molecule has 0 aromatic carbocycles. The molecule has 0 saturated carbocycles. The first-order chi connectivity index (χ1) is 6.83. The number of amidine groups is 1. The number of hydrogen-bond acceptors (Lipinski definition) is 3. The van der Waals surface area contributed by atoms with Crippen LogP contribution in [0.4, 0.5) is 0 Å². The van der Waals surface area contributed by atoms with Gasteiger partial charge in [0.2, 0.25) is 0 Å². The molecule has 0 aromatic heterocycles. The monoisotopic (exact) mass is 214 g/mol. The standard InChI is InChI=1S/C9H18N4S/c1-2-10-9(14)13-12-8-6-4-3-5-7-11-8/h2-7H2,1H3,(H,11,12)(H2,10,13,14). The van der Waals surface area contributed by atoms with Crippen LogP contribution >= 0.6 is 12.2 Å².